The number of carbonyl (C=O) groups is 1. The topological polar surface area (TPSA) is 35.5 Å². The van der Waals surface area contributed by atoms with Gasteiger partial charge in [-0.2, -0.15) is 0 Å². The van der Waals surface area contributed by atoms with Crippen LogP contribution in [-0.2, 0) is 20.9 Å². The lowest BCUT2D eigenvalue weighted by Gasteiger charge is -2.17. The van der Waals surface area contributed by atoms with Gasteiger partial charge in [0, 0.05) is 0 Å². The third kappa shape index (κ3) is 5.00. The Morgan fingerprint density at radius 2 is 1.88 bits per heavy atom. The molecule has 94 valence electrons. The largest absolute Gasteiger partial charge is 0.467 e. The molecule has 0 bridgehead atoms. The summed E-state index contributed by atoms with van der Waals surface area (Å²) in [6.45, 7) is 4.55. The summed E-state index contributed by atoms with van der Waals surface area (Å²) in [5.41, 5.74) is 1.06. The van der Waals surface area contributed by atoms with E-state index < -0.39 is 6.10 Å². The van der Waals surface area contributed by atoms with Crippen LogP contribution in [0.1, 0.15) is 25.8 Å². The second-order valence-electron chi connectivity index (χ2n) is 4.44. The number of ether oxygens (including phenoxy) is 2. The van der Waals surface area contributed by atoms with Crippen molar-refractivity contribution in [2.45, 2.75) is 33.0 Å². The molecule has 0 aliphatic rings. The highest BCUT2D eigenvalue weighted by Crippen LogP contribution is 2.12. The number of benzene rings is 1. The zero-order chi connectivity index (χ0) is 12.7. The second kappa shape index (κ2) is 7.07. The molecule has 0 saturated heterocycles. The summed E-state index contributed by atoms with van der Waals surface area (Å²) in [6, 6.07) is 9.81. The molecule has 1 rings (SSSR count). The lowest BCUT2D eigenvalue weighted by molar-refractivity contribution is -0.156. The van der Waals surface area contributed by atoms with Crippen molar-refractivity contribution < 1.29 is 14.3 Å². The minimum atomic E-state index is -0.472. The summed E-state index contributed by atoms with van der Waals surface area (Å²) in [5.74, 6) is 0.101. The first-order chi connectivity index (χ1) is 8.13. The molecule has 0 aromatic heterocycles. The van der Waals surface area contributed by atoms with E-state index in [2.05, 4.69) is 13.8 Å². The lowest BCUT2D eigenvalue weighted by Crippen LogP contribution is -2.27. The number of rotatable bonds is 6. The molecule has 0 radical (unpaired) electrons. The van der Waals surface area contributed by atoms with Gasteiger partial charge < -0.3 is 9.47 Å². The van der Waals surface area contributed by atoms with Crippen LogP contribution in [0, 0.1) is 5.92 Å². The summed E-state index contributed by atoms with van der Waals surface area (Å²) >= 11 is 0. The van der Waals surface area contributed by atoms with E-state index in [1.807, 2.05) is 30.3 Å². The summed E-state index contributed by atoms with van der Waals surface area (Å²) in [7, 11) is 1.39. The third-order valence-electron chi connectivity index (χ3n) is 2.44. The smallest absolute Gasteiger partial charge is 0.334 e. The molecule has 1 atom stereocenters. The van der Waals surface area contributed by atoms with Crippen molar-refractivity contribution in [2.75, 3.05) is 7.11 Å². The number of esters is 1. The minimum Gasteiger partial charge on any atom is -0.467 e. The Kier molecular flexibility index (Phi) is 5.70. The van der Waals surface area contributed by atoms with Gasteiger partial charge in [0.2, 0.25) is 0 Å². The van der Waals surface area contributed by atoms with Gasteiger partial charge >= 0.3 is 5.97 Å². The summed E-state index contributed by atoms with van der Waals surface area (Å²) in [5, 5.41) is 0. The van der Waals surface area contributed by atoms with Crippen molar-refractivity contribution in [3.63, 3.8) is 0 Å². The highest BCUT2D eigenvalue weighted by Gasteiger charge is 2.21. The number of methoxy groups -OCH3 is 1. The molecule has 0 saturated carbocycles. The second-order valence-corrected chi connectivity index (χ2v) is 4.44. The molecule has 1 aromatic rings. The Bertz CT molecular complexity index is 333. The molecule has 1 unspecified atom stereocenters. The Morgan fingerprint density at radius 1 is 1.24 bits per heavy atom. The van der Waals surface area contributed by atoms with Gasteiger partial charge in [0.05, 0.1) is 13.7 Å². The quantitative estimate of drug-likeness (QED) is 0.712. The van der Waals surface area contributed by atoms with Gasteiger partial charge in [0.15, 0.2) is 6.10 Å². The van der Waals surface area contributed by atoms with E-state index >= 15 is 0 Å². The van der Waals surface area contributed by atoms with Crippen molar-refractivity contribution in [2.24, 2.45) is 5.92 Å². The fourth-order valence-corrected chi connectivity index (χ4v) is 1.56. The standard InChI is InChI=1S/C14H20O3/c1-11(2)9-13(14(15)16-3)17-10-12-7-5-4-6-8-12/h4-8,11,13H,9-10H2,1-3H3. The zero-order valence-electron chi connectivity index (χ0n) is 10.7. The summed E-state index contributed by atoms with van der Waals surface area (Å²) in [4.78, 5) is 11.5. The van der Waals surface area contributed by atoms with Crippen molar-refractivity contribution in [3.8, 4) is 0 Å². The monoisotopic (exact) mass is 236 g/mol. The molecule has 0 fully saturated rings. The maximum atomic E-state index is 11.5. The predicted molar refractivity (Wildman–Crippen MR) is 66.5 cm³/mol. The van der Waals surface area contributed by atoms with Gasteiger partial charge in [0.1, 0.15) is 0 Å². The average Bonchev–Trinajstić information content (AvgIpc) is 2.34. The maximum Gasteiger partial charge on any atom is 0.334 e. The van der Waals surface area contributed by atoms with E-state index in [4.69, 9.17) is 9.47 Å². The molecule has 0 aliphatic heterocycles. The predicted octanol–water partition coefficient (Wildman–Crippen LogP) is 2.79. The average molecular weight is 236 g/mol. The van der Waals surface area contributed by atoms with Crippen LogP contribution in [0.4, 0.5) is 0 Å². The molecule has 0 heterocycles. The Labute approximate surface area is 103 Å². The molecular formula is C14H20O3. The number of carbonyl (C=O) groups excluding carboxylic acids is 1. The van der Waals surface area contributed by atoms with Gasteiger partial charge in [-0.15, -0.1) is 0 Å². The van der Waals surface area contributed by atoms with E-state index in [0.29, 0.717) is 18.9 Å². The van der Waals surface area contributed by atoms with Gasteiger partial charge in [-0.3, -0.25) is 0 Å². The van der Waals surface area contributed by atoms with Crippen LogP contribution < -0.4 is 0 Å². The first-order valence-electron chi connectivity index (χ1n) is 5.86. The van der Waals surface area contributed by atoms with Crippen LogP contribution in [0.3, 0.4) is 0 Å². The van der Waals surface area contributed by atoms with Crippen LogP contribution >= 0.6 is 0 Å². The van der Waals surface area contributed by atoms with Crippen LogP contribution in [0.2, 0.25) is 0 Å². The first-order valence-corrected chi connectivity index (χ1v) is 5.86. The molecule has 3 nitrogen and oxygen atoms in total. The highest BCUT2D eigenvalue weighted by atomic mass is 16.6. The number of hydrogen-bond donors (Lipinski definition) is 0. The molecule has 3 heteroatoms. The van der Waals surface area contributed by atoms with Crippen LogP contribution in [-0.4, -0.2) is 19.2 Å². The van der Waals surface area contributed by atoms with E-state index in [9.17, 15) is 4.79 Å². The molecule has 1 aromatic carbocycles. The van der Waals surface area contributed by atoms with E-state index in [1.165, 1.54) is 7.11 Å². The summed E-state index contributed by atoms with van der Waals surface area (Å²) in [6.07, 6.45) is 0.208. The SMILES string of the molecule is COC(=O)C(CC(C)C)OCc1ccccc1. The fourth-order valence-electron chi connectivity index (χ4n) is 1.56. The van der Waals surface area contributed by atoms with Crippen molar-refractivity contribution >= 4 is 5.97 Å². The van der Waals surface area contributed by atoms with Crippen LogP contribution in [0.15, 0.2) is 30.3 Å². The molecule has 0 spiro atoms. The van der Waals surface area contributed by atoms with Crippen molar-refractivity contribution in [1.29, 1.82) is 0 Å². The fraction of sp³-hybridized carbons (Fsp3) is 0.500. The highest BCUT2D eigenvalue weighted by molar-refractivity contribution is 5.74. The molecule has 0 aliphatic carbocycles. The molecule has 17 heavy (non-hydrogen) atoms. The van der Waals surface area contributed by atoms with E-state index in [0.717, 1.165) is 5.56 Å². The van der Waals surface area contributed by atoms with Crippen molar-refractivity contribution in [3.05, 3.63) is 35.9 Å². The Hall–Kier alpha value is -1.35. The van der Waals surface area contributed by atoms with E-state index in [-0.39, 0.29) is 5.97 Å². The van der Waals surface area contributed by atoms with Gasteiger partial charge in [-0.1, -0.05) is 44.2 Å². The zero-order valence-corrected chi connectivity index (χ0v) is 10.7. The van der Waals surface area contributed by atoms with E-state index in [1.54, 1.807) is 0 Å². The normalized spacial score (nSPS) is 12.5. The minimum absolute atomic E-state index is 0.297. The Balaban J connectivity index is 2.52. The summed E-state index contributed by atoms with van der Waals surface area (Å²) < 4.78 is 10.4. The van der Waals surface area contributed by atoms with Crippen LogP contribution in [0.5, 0.6) is 0 Å². The molecule has 0 amide bonds. The lowest BCUT2D eigenvalue weighted by atomic mass is 10.1. The van der Waals surface area contributed by atoms with Gasteiger partial charge in [-0.05, 0) is 17.9 Å². The maximum absolute atomic E-state index is 11.5. The van der Waals surface area contributed by atoms with Gasteiger partial charge in [0.25, 0.3) is 0 Å². The van der Waals surface area contributed by atoms with Crippen molar-refractivity contribution in [1.82, 2.24) is 0 Å². The van der Waals surface area contributed by atoms with Gasteiger partial charge in [-0.25, -0.2) is 4.79 Å². The molecular weight excluding hydrogens is 216 g/mol. The first kappa shape index (κ1) is 13.7. The number of hydrogen-bond acceptors (Lipinski definition) is 3. The Morgan fingerprint density at radius 3 is 2.41 bits per heavy atom. The van der Waals surface area contributed by atoms with Crippen LogP contribution in [0.25, 0.3) is 0 Å². The molecule has 0 N–H and O–H groups in total. The third-order valence-corrected chi connectivity index (χ3v) is 2.44.